The van der Waals surface area contributed by atoms with Gasteiger partial charge >= 0.3 is 17.9 Å². The molecule has 0 aliphatic carbocycles. The number of esters is 3. The van der Waals surface area contributed by atoms with Crippen LogP contribution in [0.25, 0.3) is 43.1 Å². The predicted molar refractivity (Wildman–Crippen MR) is 122 cm³/mol. The highest BCUT2D eigenvalue weighted by atomic mass is 16.5. The molecule has 0 heterocycles. The Hall–Kier alpha value is -4.19. The van der Waals surface area contributed by atoms with Gasteiger partial charge in [-0.05, 0) is 55.9 Å². The van der Waals surface area contributed by atoms with E-state index in [1.807, 2.05) is 36.4 Å². The summed E-state index contributed by atoms with van der Waals surface area (Å²) in [4.78, 5) is 37.5. The topological polar surface area (TPSA) is 78.9 Å². The first-order valence-electron chi connectivity index (χ1n) is 9.93. The summed E-state index contributed by atoms with van der Waals surface area (Å²) >= 11 is 0. The molecule has 5 rings (SSSR count). The van der Waals surface area contributed by atoms with Gasteiger partial charge in [0.1, 0.15) is 0 Å². The fraction of sp³-hybridized carbons (Fsp3) is 0.115. The van der Waals surface area contributed by atoms with Crippen LogP contribution in [0.4, 0.5) is 0 Å². The molecule has 5 aromatic rings. The number of carbonyl (C=O) groups is 3. The third kappa shape index (κ3) is 2.56. The minimum atomic E-state index is -0.538. The van der Waals surface area contributed by atoms with Crippen LogP contribution in [0, 0.1) is 0 Å². The van der Waals surface area contributed by atoms with Crippen LogP contribution in [0.1, 0.15) is 31.1 Å². The van der Waals surface area contributed by atoms with Crippen LogP contribution in [0.3, 0.4) is 0 Å². The van der Waals surface area contributed by atoms with E-state index in [2.05, 4.69) is 0 Å². The summed E-state index contributed by atoms with van der Waals surface area (Å²) in [6.45, 7) is 0. The third-order valence-electron chi connectivity index (χ3n) is 6.00. The van der Waals surface area contributed by atoms with E-state index in [0.29, 0.717) is 10.9 Å². The van der Waals surface area contributed by atoms with Crippen LogP contribution >= 0.6 is 0 Å². The molecule has 0 amide bonds. The zero-order valence-electron chi connectivity index (χ0n) is 17.6. The summed E-state index contributed by atoms with van der Waals surface area (Å²) in [6.07, 6.45) is 0. The minimum absolute atomic E-state index is 0.287. The normalized spacial score (nSPS) is 11.3. The molecule has 0 aliphatic rings. The molecule has 0 fully saturated rings. The first-order chi connectivity index (χ1) is 15.5. The summed E-state index contributed by atoms with van der Waals surface area (Å²) in [5.41, 5.74) is 1.05. The molecule has 0 N–H and O–H groups in total. The van der Waals surface area contributed by atoms with Gasteiger partial charge in [-0.3, -0.25) is 0 Å². The lowest BCUT2D eigenvalue weighted by atomic mass is 9.85. The Morgan fingerprint density at radius 2 is 0.875 bits per heavy atom. The lowest BCUT2D eigenvalue weighted by Gasteiger charge is -2.18. The molecule has 0 spiro atoms. The molecular weight excluding hydrogens is 408 g/mol. The number of fused-ring (bicyclic) bond motifs is 2. The van der Waals surface area contributed by atoms with E-state index in [-0.39, 0.29) is 11.1 Å². The van der Waals surface area contributed by atoms with E-state index in [1.54, 1.807) is 18.2 Å². The van der Waals surface area contributed by atoms with Gasteiger partial charge in [-0.2, -0.15) is 0 Å². The Labute approximate surface area is 182 Å². The summed E-state index contributed by atoms with van der Waals surface area (Å²) in [7, 11) is 3.97. The summed E-state index contributed by atoms with van der Waals surface area (Å²) in [5, 5.41) is 6.46. The van der Waals surface area contributed by atoms with E-state index in [9.17, 15) is 14.4 Å². The second-order valence-electron chi connectivity index (χ2n) is 7.43. The molecule has 0 bridgehead atoms. The molecule has 5 aromatic carbocycles. The summed E-state index contributed by atoms with van der Waals surface area (Å²) < 4.78 is 14.9. The lowest BCUT2D eigenvalue weighted by Crippen LogP contribution is -2.08. The van der Waals surface area contributed by atoms with Crippen LogP contribution < -0.4 is 0 Å². The van der Waals surface area contributed by atoms with Crippen LogP contribution in [0.15, 0.2) is 54.6 Å². The highest BCUT2D eigenvalue weighted by molar-refractivity contribution is 6.36. The van der Waals surface area contributed by atoms with Gasteiger partial charge in [0, 0.05) is 5.39 Å². The van der Waals surface area contributed by atoms with E-state index in [4.69, 9.17) is 14.2 Å². The van der Waals surface area contributed by atoms with Gasteiger partial charge in [-0.15, -0.1) is 0 Å². The fourth-order valence-corrected chi connectivity index (χ4v) is 4.65. The number of ether oxygens (including phenoxy) is 3. The Morgan fingerprint density at radius 1 is 0.469 bits per heavy atom. The summed E-state index contributed by atoms with van der Waals surface area (Å²) in [6, 6.07) is 16.4. The standard InChI is InChI=1S/C26H18O6/c1-30-24(27)18-10-7-15-17-9-12-20(26(29)32-3)23-19(25(28)31-2)11-8-16(22(17)23)13-5-4-6-14(18)21(13)15/h4-12H,1-3H3. The lowest BCUT2D eigenvalue weighted by molar-refractivity contribution is 0.0591. The summed E-state index contributed by atoms with van der Waals surface area (Å²) in [5.74, 6) is -1.49. The first-order valence-corrected chi connectivity index (χ1v) is 9.93. The van der Waals surface area contributed by atoms with Crippen molar-refractivity contribution in [2.45, 2.75) is 0 Å². The molecule has 6 nitrogen and oxygen atoms in total. The molecule has 6 heteroatoms. The molecule has 0 unspecified atom stereocenters. The van der Waals surface area contributed by atoms with Crippen LogP contribution in [0.5, 0.6) is 0 Å². The number of benzene rings is 5. The smallest absolute Gasteiger partial charge is 0.338 e. The van der Waals surface area contributed by atoms with Crippen molar-refractivity contribution in [2.24, 2.45) is 0 Å². The average molecular weight is 426 g/mol. The highest BCUT2D eigenvalue weighted by Crippen LogP contribution is 2.43. The molecule has 0 aromatic heterocycles. The van der Waals surface area contributed by atoms with Crippen molar-refractivity contribution in [3.05, 3.63) is 71.3 Å². The molecule has 0 aliphatic heterocycles. The van der Waals surface area contributed by atoms with E-state index < -0.39 is 17.9 Å². The molecule has 158 valence electrons. The van der Waals surface area contributed by atoms with Crippen molar-refractivity contribution in [1.82, 2.24) is 0 Å². The van der Waals surface area contributed by atoms with Crippen LogP contribution in [0.2, 0.25) is 0 Å². The van der Waals surface area contributed by atoms with Gasteiger partial charge in [-0.1, -0.05) is 36.4 Å². The van der Waals surface area contributed by atoms with Crippen molar-refractivity contribution in [2.75, 3.05) is 21.3 Å². The number of carbonyl (C=O) groups excluding carboxylic acids is 3. The largest absolute Gasteiger partial charge is 0.465 e. The van der Waals surface area contributed by atoms with E-state index in [1.165, 1.54) is 21.3 Å². The quantitative estimate of drug-likeness (QED) is 0.173. The minimum Gasteiger partial charge on any atom is -0.465 e. The van der Waals surface area contributed by atoms with E-state index >= 15 is 0 Å². The maximum Gasteiger partial charge on any atom is 0.338 e. The zero-order valence-corrected chi connectivity index (χ0v) is 17.6. The molecule has 0 saturated heterocycles. The Bertz CT molecular complexity index is 1510. The number of hydrogen-bond donors (Lipinski definition) is 0. The zero-order chi connectivity index (χ0) is 22.6. The number of methoxy groups -OCH3 is 3. The van der Waals surface area contributed by atoms with Crippen LogP contribution in [-0.4, -0.2) is 39.2 Å². The van der Waals surface area contributed by atoms with Gasteiger partial charge in [-0.25, -0.2) is 14.4 Å². The Balaban J connectivity index is 2.07. The molecule has 32 heavy (non-hydrogen) atoms. The van der Waals surface area contributed by atoms with Gasteiger partial charge < -0.3 is 14.2 Å². The van der Waals surface area contributed by atoms with Gasteiger partial charge in [0.25, 0.3) is 0 Å². The maximum absolute atomic E-state index is 12.6. The van der Waals surface area contributed by atoms with Crippen molar-refractivity contribution < 1.29 is 28.6 Å². The average Bonchev–Trinajstić information content (AvgIpc) is 2.84. The molecular formula is C26H18O6. The monoisotopic (exact) mass is 426 g/mol. The number of rotatable bonds is 3. The second kappa shape index (κ2) is 7.20. The molecule has 0 atom stereocenters. The van der Waals surface area contributed by atoms with E-state index in [0.717, 1.165) is 37.7 Å². The van der Waals surface area contributed by atoms with Crippen molar-refractivity contribution in [1.29, 1.82) is 0 Å². The Morgan fingerprint density at radius 3 is 1.41 bits per heavy atom. The Kier molecular flexibility index (Phi) is 4.44. The fourth-order valence-electron chi connectivity index (χ4n) is 4.65. The van der Waals surface area contributed by atoms with Crippen molar-refractivity contribution in [3.63, 3.8) is 0 Å². The van der Waals surface area contributed by atoms with Crippen molar-refractivity contribution >= 4 is 61.0 Å². The van der Waals surface area contributed by atoms with Crippen molar-refractivity contribution in [3.8, 4) is 0 Å². The van der Waals surface area contributed by atoms with Gasteiger partial charge in [0.2, 0.25) is 0 Å². The molecule has 0 saturated carbocycles. The second-order valence-corrected chi connectivity index (χ2v) is 7.43. The first kappa shape index (κ1) is 19.8. The van der Waals surface area contributed by atoms with Gasteiger partial charge in [0.15, 0.2) is 0 Å². The van der Waals surface area contributed by atoms with Gasteiger partial charge in [0.05, 0.1) is 38.0 Å². The highest BCUT2D eigenvalue weighted by Gasteiger charge is 2.24. The SMILES string of the molecule is COC(=O)c1ccc2c3ccc(C(=O)OC)c4c(C(=O)OC)ccc(c5cccc1c52)c43. The number of hydrogen-bond acceptors (Lipinski definition) is 6. The maximum atomic E-state index is 12.6. The predicted octanol–water partition coefficient (Wildman–Crippen LogP) is 5.10. The van der Waals surface area contributed by atoms with Crippen LogP contribution in [-0.2, 0) is 14.2 Å². The molecule has 0 radical (unpaired) electrons. The third-order valence-corrected chi connectivity index (χ3v) is 6.00.